The summed E-state index contributed by atoms with van der Waals surface area (Å²) in [5, 5.41) is 3.91. The smallest absolute Gasteiger partial charge is 0.262 e. The molecule has 0 unspecified atom stereocenters. The largest absolute Gasteiger partial charge is 0.352 e. The Morgan fingerprint density at radius 3 is 2.87 bits per heavy atom. The molecule has 23 heavy (non-hydrogen) atoms. The predicted octanol–water partition coefficient (Wildman–Crippen LogP) is 2.45. The van der Waals surface area contributed by atoms with Crippen LogP contribution in [0.4, 0.5) is 0 Å². The molecule has 122 valence electrons. The van der Waals surface area contributed by atoms with Crippen LogP contribution in [-0.2, 0) is 11.3 Å². The van der Waals surface area contributed by atoms with E-state index in [-0.39, 0.29) is 17.2 Å². The lowest BCUT2D eigenvalue weighted by Crippen LogP contribution is -2.28. The molecular formula is C17H21N3O2S. The number of para-hydroxylation sites is 1. The van der Waals surface area contributed by atoms with Gasteiger partial charge in [0, 0.05) is 13.1 Å². The summed E-state index contributed by atoms with van der Waals surface area (Å²) in [6.45, 7) is 8.67. The monoisotopic (exact) mass is 331 g/mol. The van der Waals surface area contributed by atoms with Crippen molar-refractivity contribution in [2.75, 3.05) is 12.3 Å². The number of rotatable bonds is 7. The van der Waals surface area contributed by atoms with Gasteiger partial charge in [0.2, 0.25) is 5.91 Å². The van der Waals surface area contributed by atoms with Crippen LogP contribution in [0, 0.1) is 5.92 Å². The molecule has 0 atom stereocenters. The number of carbonyl (C=O) groups excluding carboxylic acids is 1. The van der Waals surface area contributed by atoms with Crippen molar-refractivity contribution in [3.05, 3.63) is 47.3 Å². The zero-order valence-electron chi connectivity index (χ0n) is 13.4. The molecule has 2 aromatic rings. The van der Waals surface area contributed by atoms with Crippen molar-refractivity contribution in [2.45, 2.75) is 25.5 Å². The van der Waals surface area contributed by atoms with Gasteiger partial charge in [0.25, 0.3) is 5.56 Å². The maximum atomic E-state index is 12.7. The average Bonchev–Trinajstić information content (AvgIpc) is 2.53. The van der Waals surface area contributed by atoms with E-state index in [1.54, 1.807) is 16.7 Å². The first kappa shape index (κ1) is 17.3. The molecule has 1 heterocycles. The van der Waals surface area contributed by atoms with E-state index in [1.165, 1.54) is 11.8 Å². The van der Waals surface area contributed by atoms with Crippen molar-refractivity contribution >= 4 is 28.6 Å². The molecule has 0 spiro atoms. The van der Waals surface area contributed by atoms with Crippen molar-refractivity contribution in [3.63, 3.8) is 0 Å². The van der Waals surface area contributed by atoms with Crippen molar-refractivity contribution < 1.29 is 4.79 Å². The van der Waals surface area contributed by atoms with Gasteiger partial charge in [-0.1, -0.05) is 43.8 Å². The summed E-state index contributed by atoms with van der Waals surface area (Å²) >= 11 is 1.28. The number of thioether (sulfide) groups is 1. The number of hydrogen-bond acceptors (Lipinski definition) is 4. The van der Waals surface area contributed by atoms with E-state index in [0.29, 0.717) is 35.1 Å². The van der Waals surface area contributed by atoms with E-state index in [4.69, 9.17) is 0 Å². The highest BCUT2D eigenvalue weighted by atomic mass is 32.2. The molecule has 0 bridgehead atoms. The van der Waals surface area contributed by atoms with Crippen LogP contribution in [0.1, 0.15) is 13.8 Å². The Balaban J connectivity index is 2.34. The van der Waals surface area contributed by atoms with E-state index in [0.717, 1.165) is 0 Å². The van der Waals surface area contributed by atoms with Crippen LogP contribution in [0.3, 0.4) is 0 Å². The van der Waals surface area contributed by atoms with Gasteiger partial charge in [-0.3, -0.25) is 14.2 Å². The zero-order valence-corrected chi connectivity index (χ0v) is 14.2. The van der Waals surface area contributed by atoms with Crippen LogP contribution in [0.15, 0.2) is 46.9 Å². The highest BCUT2D eigenvalue weighted by molar-refractivity contribution is 7.99. The van der Waals surface area contributed by atoms with Crippen LogP contribution in [0.25, 0.3) is 10.9 Å². The molecule has 0 aliphatic rings. The third-order valence-corrected chi connectivity index (χ3v) is 4.13. The van der Waals surface area contributed by atoms with Gasteiger partial charge < -0.3 is 5.32 Å². The average molecular weight is 331 g/mol. The molecule has 2 rings (SSSR count). The highest BCUT2D eigenvalue weighted by Crippen LogP contribution is 2.18. The minimum atomic E-state index is -0.103. The molecule has 1 aromatic carbocycles. The molecule has 0 saturated heterocycles. The fourth-order valence-corrected chi connectivity index (χ4v) is 2.99. The van der Waals surface area contributed by atoms with Gasteiger partial charge in [-0.25, -0.2) is 4.98 Å². The van der Waals surface area contributed by atoms with Gasteiger partial charge in [-0.2, -0.15) is 0 Å². The molecule has 6 heteroatoms. The van der Waals surface area contributed by atoms with E-state index in [9.17, 15) is 9.59 Å². The van der Waals surface area contributed by atoms with Crippen LogP contribution < -0.4 is 10.9 Å². The van der Waals surface area contributed by atoms with Gasteiger partial charge in [-0.15, -0.1) is 6.58 Å². The topological polar surface area (TPSA) is 64.0 Å². The van der Waals surface area contributed by atoms with Crippen LogP contribution in [0.2, 0.25) is 0 Å². The molecule has 0 aliphatic heterocycles. The minimum absolute atomic E-state index is 0.0571. The van der Waals surface area contributed by atoms with Crippen LogP contribution in [-0.4, -0.2) is 27.8 Å². The minimum Gasteiger partial charge on any atom is -0.352 e. The lowest BCUT2D eigenvalue weighted by molar-refractivity contribution is -0.118. The Morgan fingerprint density at radius 1 is 1.43 bits per heavy atom. The summed E-state index contributed by atoms with van der Waals surface area (Å²) in [6.07, 6.45) is 1.63. The lowest BCUT2D eigenvalue weighted by Gasteiger charge is -2.14. The second-order valence-electron chi connectivity index (χ2n) is 5.60. The van der Waals surface area contributed by atoms with Crippen LogP contribution in [0.5, 0.6) is 0 Å². The number of hydrogen-bond donors (Lipinski definition) is 1. The van der Waals surface area contributed by atoms with Crippen molar-refractivity contribution in [1.82, 2.24) is 14.9 Å². The van der Waals surface area contributed by atoms with E-state index in [2.05, 4.69) is 16.9 Å². The molecule has 0 radical (unpaired) electrons. The molecular weight excluding hydrogens is 310 g/mol. The first-order valence-electron chi connectivity index (χ1n) is 7.53. The number of aromatic nitrogens is 2. The third kappa shape index (κ3) is 4.45. The number of benzene rings is 1. The Labute approximate surface area is 139 Å². The van der Waals surface area contributed by atoms with Gasteiger partial charge in [0.15, 0.2) is 5.16 Å². The van der Waals surface area contributed by atoms with Gasteiger partial charge in [-0.05, 0) is 18.1 Å². The first-order chi connectivity index (χ1) is 11.0. The number of nitrogens with zero attached hydrogens (tertiary/aromatic N) is 2. The fourth-order valence-electron chi connectivity index (χ4n) is 2.15. The summed E-state index contributed by atoms with van der Waals surface area (Å²) in [6, 6.07) is 7.29. The summed E-state index contributed by atoms with van der Waals surface area (Å²) in [5.41, 5.74) is 0.602. The predicted molar refractivity (Wildman–Crippen MR) is 94.8 cm³/mol. The number of amides is 1. The number of fused-ring (bicyclic) bond motifs is 1. The van der Waals surface area contributed by atoms with E-state index in [1.807, 2.05) is 32.0 Å². The Bertz CT molecular complexity index is 768. The molecule has 0 aliphatic carbocycles. The normalized spacial score (nSPS) is 10.9. The molecule has 1 amide bonds. The molecule has 0 fully saturated rings. The molecule has 1 N–H and O–H groups in total. The van der Waals surface area contributed by atoms with Crippen molar-refractivity contribution in [3.8, 4) is 0 Å². The second-order valence-corrected chi connectivity index (χ2v) is 6.55. The molecule has 5 nitrogen and oxygen atoms in total. The Morgan fingerprint density at radius 2 is 2.17 bits per heavy atom. The van der Waals surface area contributed by atoms with Crippen molar-refractivity contribution in [2.24, 2.45) is 5.92 Å². The number of nitrogens with one attached hydrogen (secondary N) is 1. The van der Waals surface area contributed by atoms with Gasteiger partial charge >= 0.3 is 0 Å². The lowest BCUT2D eigenvalue weighted by atomic mass is 10.2. The Hall–Kier alpha value is -2.08. The highest BCUT2D eigenvalue weighted by Gasteiger charge is 2.13. The summed E-state index contributed by atoms with van der Waals surface area (Å²) < 4.78 is 1.67. The third-order valence-electron chi connectivity index (χ3n) is 3.15. The SMILES string of the molecule is C=CCNC(=O)CSc1nc2ccccc2c(=O)n1CC(C)C. The summed E-state index contributed by atoms with van der Waals surface area (Å²) in [4.78, 5) is 29.0. The summed E-state index contributed by atoms with van der Waals surface area (Å²) in [5.74, 6) is 0.425. The van der Waals surface area contributed by atoms with E-state index < -0.39 is 0 Å². The number of carbonyl (C=O) groups is 1. The van der Waals surface area contributed by atoms with Crippen LogP contribution >= 0.6 is 11.8 Å². The molecule has 0 saturated carbocycles. The van der Waals surface area contributed by atoms with Gasteiger partial charge in [0.05, 0.1) is 16.7 Å². The quantitative estimate of drug-likeness (QED) is 0.481. The first-order valence-corrected chi connectivity index (χ1v) is 8.51. The fraction of sp³-hybridized carbons (Fsp3) is 0.353. The van der Waals surface area contributed by atoms with Gasteiger partial charge in [0.1, 0.15) is 0 Å². The summed E-state index contributed by atoms with van der Waals surface area (Å²) in [7, 11) is 0. The second kappa shape index (κ2) is 7.97. The molecule has 1 aromatic heterocycles. The van der Waals surface area contributed by atoms with E-state index >= 15 is 0 Å². The maximum Gasteiger partial charge on any atom is 0.262 e. The maximum absolute atomic E-state index is 12.7. The van der Waals surface area contributed by atoms with Crippen molar-refractivity contribution in [1.29, 1.82) is 0 Å². The zero-order chi connectivity index (χ0) is 16.8. The standard InChI is InChI=1S/C17H21N3O2S/c1-4-9-18-15(21)11-23-17-19-14-8-6-5-7-13(14)16(22)20(17)10-12(2)3/h4-8,12H,1,9-11H2,2-3H3,(H,18,21). The Kier molecular flexibility index (Phi) is 5.98.